The van der Waals surface area contributed by atoms with E-state index in [4.69, 9.17) is 4.74 Å². The molecular formula is C50H42N2O. The molecule has 258 valence electrons. The van der Waals surface area contributed by atoms with E-state index in [9.17, 15) is 0 Å². The van der Waals surface area contributed by atoms with Crippen molar-refractivity contribution >= 4 is 49.6 Å². The van der Waals surface area contributed by atoms with Crippen molar-refractivity contribution in [3.05, 3.63) is 169 Å². The first-order chi connectivity index (χ1) is 26.1. The highest BCUT2D eigenvalue weighted by molar-refractivity contribution is 6.09. The molecule has 11 rings (SSSR count). The molecule has 1 unspecified atom stereocenters. The monoisotopic (exact) mass is 686 g/mol. The van der Waals surface area contributed by atoms with Gasteiger partial charge in [-0.1, -0.05) is 104 Å². The number of nitrogens with zero attached hydrogens (tertiary/aromatic N) is 2. The third-order valence-electron chi connectivity index (χ3n) is 13.0. The van der Waals surface area contributed by atoms with Crippen molar-refractivity contribution in [1.82, 2.24) is 4.57 Å². The standard InChI is InChI=1S/C50H42N2O/c1-50(32-36-30-33-21-22-35(36)29-33)43-16-6-9-20-48(43)53-49-28-27-39(31-44(49)50)51(45-19-10-12-34-11-2-3-13-40(34)45)37-23-25-38(26-24-37)52-46-17-7-4-14-41(46)42-15-5-8-18-47(42)52/h2-20,23-28,31,33,35-36H,21-22,29-30,32H2,1H3/t33-,35+,36?,50+/m1/s1. The largest absolute Gasteiger partial charge is 0.457 e. The second-order valence-electron chi connectivity index (χ2n) is 16.0. The quantitative estimate of drug-likeness (QED) is 0.173. The van der Waals surface area contributed by atoms with Crippen molar-refractivity contribution in [2.45, 2.75) is 44.4 Å². The zero-order valence-electron chi connectivity index (χ0n) is 30.1. The Morgan fingerprint density at radius 2 is 1.26 bits per heavy atom. The Morgan fingerprint density at radius 1 is 0.604 bits per heavy atom. The van der Waals surface area contributed by atoms with Crippen LogP contribution in [0.5, 0.6) is 11.5 Å². The highest BCUT2D eigenvalue weighted by Gasteiger charge is 2.46. The Labute approximate surface area is 311 Å². The van der Waals surface area contributed by atoms with Crippen LogP contribution in [0.15, 0.2) is 158 Å². The van der Waals surface area contributed by atoms with Crippen LogP contribution in [-0.2, 0) is 5.41 Å². The number of fused-ring (bicyclic) bond motifs is 8. The van der Waals surface area contributed by atoms with Gasteiger partial charge >= 0.3 is 0 Å². The lowest BCUT2D eigenvalue weighted by molar-refractivity contribution is 0.259. The fourth-order valence-corrected chi connectivity index (χ4v) is 10.6. The fourth-order valence-electron chi connectivity index (χ4n) is 10.6. The van der Waals surface area contributed by atoms with Gasteiger partial charge in [-0.2, -0.15) is 0 Å². The van der Waals surface area contributed by atoms with Gasteiger partial charge in [-0.25, -0.2) is 0 Å². The summed E-state index contributed by atoms with van der Waals surface area (Å²) >= 11 is 0. The van der Waals surface area contributed by atoms with E-state index in [2.05, 4.69) is 174 Å². The van der Waals surface area contributed by atoms with Crippen LogP contribution in [-0.4, -0.2) is 4.57 Å². The van der Waals surface area contributed by atoms with E-state index in [1.54, 1.807) is 0 Å². The van der Waals surface area contributed by atoms with E-state index in [0.717, 1.165) is 52.7 Å². The summed E-state index contributed by atoms with van der Waals surface area (Å²) in [6, 6.07) is 57.7. The molecule has 3 nitrogen and oxygen atoms in total. The first-order valence-corrected chi connectivity index (χ1v) is 19.4. The third-order valence-corrected chi connectivity index (χ3v) is 13.0. The van der Waals surface area contributed by atoms with Crippen LogP contribution in [0.1, 0.15) is 50.2 Å². The van der Waals surface area contributed by atoms with Gasteiger partial charge in [-0.05, 0) is 116 Å². The Bertz CT molecular complexity index is 2630. The lowest BCUT2D eigenvalue weighted by atomic mass is 9.66. The van der Waals surface area contributed by atoms with Crippen LogP contribution in [0, 0.1) is 17.8 Å². The van der Waals surface area contributed by atoms with Crippen LogP contribution >= 0.6 is 0 Å². The van der Waals surface area contributed by atoms with E-state index >= 15 is 0 Å². The topological polar surface area (TPSA) is 17.4 Å². The molecule has 2 aliphatic carbocycles. The van der Waals surface area contributed by atoms with E-state index in [-0.39, 0.29) is 5.41 Å². The lowest BCUT2D eigenvalue weighted by Gasteiger charge is -2.41. The maximum absolute atomic E-state index is 6.72. The minimum atomic E-state index is -0.153. The summed E-state index contributed by atoms with van der Waals surface area (Å²) in [6.45, 7) is 2.49. The molecule has 2 saturated carbocycles. The van der Waals surface area contributed by atoms with Crippen molar-refractivity contribution in [2.75, 3.05) is 4.90 Å². The molecule has 7 aromatic carbocycles. The van der Waals surface area contributed by atoms with Gasteiger partial charge in [0.05, 0.1) is 16.7 Å². The molecule has 0 saturated heterocycles. The summed E-state index contributed by atoms with van der Waals surface area (Å²) in [5, 5.41) is 5.01. The van der Waals surface area contributed by atoms with Gasteiger partial charge in [-0.3, -0.25) is 0 Å². The number of aromatic nitrogens is 1. The van der Waals surface area contributed by atoms with Crippen molar-refractivity contribution in [1.29, 1.82) is 0 Å². The molecule has 0 spiro atoms. The van der Waals surface area contributed by atoms with E-state index in [1.165, 1.54) is 75.1 Å². The van der Waals surface area contributed by atoms with Gasteiger partial charge in [0.15, 0.2) is 0 Å². The van der Waals surface area contributed by atoms with Crippen LogP contribution in [0.2, 0.25) is 0 Å². The second kappa shape index (κ2) is 11.9. The van der Waals surface area contributed by atoms with Gasteiger partial charge in [0.2, 0.25) is 0 Å². The molecule has 1 aliphatic heterocycles. The summed E-state index contributed by atoms with van der Waals surface area (Å²) in [6.07, 6.45) is 6.78. The summed E-state index contributed by atoms with van der Waals surface area (Å²) in [7, 11) is 0. The van der Waals surface area contributed by atoms with Crippen molar-refractivity contribution in [3.63, 3.8) is 0 Å². The number of hydrogen-bond donors (Lipinski definition) is 0. The average Bonchev–Trinajstić information content (AvgIpc) is 3.92. The smallest absolute Gasteiger partial charge is 0.131 e. The predicted octanol–water partition coefficient (Wildman–Crippen LogP) is 13.6. The molecule has 3 aliphatic rings. The van der Waals surface area contributed by atoms with Gasteiger partial charge in [0.1, 0.15) is 11.5 Å². The molecule has 1 aromatic heterocycles. The van der Waals surface area contributed by atoms with Gasteiger partial charge in [0.25, 0.3) is 0 Å². The normalized spacial score (nSPS) is 21.5. The first kappa shape index (κ1) is 30.8. The molecular weight excluding hydrogens is 645 g/mol. The SMILES string of the molecule is C[C@]1(CC2C[C@@H]3CC[C@H]2C3)c2ccccc2Oc2ccc(N(c3ccc(-n4c5ccccc5c5ccccc54)cc3)c3cccc4ccccc34)cc21. The summed E-state index contributed by atoms with van der Waals surface area (Å²) in [4.78, 5) is 2.46. The Kier molecular flexibility index (Phi) is 6.89. The minimum absolute atomic E-state index is 0.153. The van der Waals surface area contributed by atoms with Crippen LogP contribution < -0.4 is 9.64 Å². The number of benzene rings is 7. The Balaban J connectivity index is 1.08. The minimum Gasteiger partial charge on any atom is -0.457 e. The molecule has 4 atom stereocenters. The molecule has 8 aromatic rings. The Morgan fingerprint density at radius 3 is 2.02 bits per heavy atom. The van der Waals surface area contributed by atoms with Crippen molar-refractivity contribution in [3.8, 4) is 17.2 Å². The third kappa shape index (κ3) is 4.79. The second-order valence-corrected chi connectivity index (χ2v) is 16.0. The number of anilines is 3. The van der Waals surface area contributed by atoms with E-state index < -0.39 is 0 Å². The van der Waals surface area contributed by atoms with Gasteiger partial charge in [0, 0.05) is 49.8 Å². The molecule has 53 heavy (non-hydrogen) atoms. The summed E-state index contributed by atoms with van der Waals surface area (Å²) in [5.41, 5.74) is 9.49. The zero-order valence-corrected chi connectivity index (χ0v) is 30.1. The number of ether oxygens (including phenoxy) is 1. The maximum Gasteiger partial charge on any atom is 0.131 e. The average molecular weight is 687 g/mol. The predicted molar refractivity (Wildman–Crippen MR) is 219 cm³/mol. The van der Waals surface area contributed by atoms with Gasteiger partial charge in [-0.15, -0.1) is 0 Å². The van der Waals surface area contributed by atoms with Crippen LogP contribution in [0.4, 0.5) is 17.1 Å². The van der Waals surface area contributed by atoms with Crippen LogP contribution in [0.3, 0.4) is 0 Å². The number of hydrogen-bond acceptors (Lipinski definition) is 2. The maximum atomic E-state index is 6.72. The zero-order chi connectivity index (χ0) is 35.1. The highest BCUT2D eigenvalue weighted by Crippen LogP contribution is 2.58. The molecule has 2 bridgehead atoms. The highest BCUT2D eigenvalue weighted by atomic mass is 16.5. The van der Waals surface area contributed by atoms with E-state index in [0.29, 0.717) is 0 Å². The van der Waals surface area contributed by atoms with Gasteiger partial charge < -0.3 is 14.2 Å². The molecule has 0 radical (unpaired) electrons. The lowest BCUT2D eigenvalue weighted by Crippen LogP contribution is -2.32. The number of para-hydroxylation sites is 3. The van der Waals surface area contributed by atoms with Crippen LogP contribution in [0.25, 0.3) is 38.3 Å². The first-order valence-electron chi connectivity index (χ1n) is 19.4. The summed E-state index contributed by atoms with van der Waals surface area (Å²) in [5.74, 6) is 4.52. The molecule has 0 amide bonds. The van der Waals surface area contributed by atoms with E-state index in [1.807, 2.05) is 0 Å². The Hall–Kier alpha value is -5.80. The molecule has 2 heterocycles. The van der Waals surface area contributed by atoms with Crippen molar-refractivity contribution in [2.24, 2.45) is 17.8 Å². The number of rotatable bonds is 6. The van der Waals surface area contributed by atoms with Crippen molar-refractivity contribution < 1.29 is 4.74 Å². The fraction of sp³-hybridized carbons (Fsp3) is 0.200. The molecule has 0 N–H and O–H groups in total. The molecule has 2 fully saturated rings. The summed E-state index contributed by atoms with van der Waals surface area (Å²) < 4.78 is 9.12. The molecule has 3 heteroatoms.